The van der Waals surface area contributed by atoms with E-state index in [0.717, 1.165) is 12.1 Å². The maximum atomic E-state index is 13.6. The second-order valence-electron chi connectivity index (χ2n) is 3.39. The van der Waals surface area contributed by atoms with Gasteiger partial charge in [0.25, 0.3) is 0 Å². The highest BCUT2D eigenvalue weighted by Gasteiger charge is 2.24. The second kappa shape index (κ2) is 3.91. The molecule has 8 heteroatoms. The van der Waals surface area contributed by atoms with E-state index in [0.29, 0.717) is 0 Å². The van der Waals surface area contributed by atoms with Crippen molar-refractivity contribution in [1.29, 1.82) is 0 Å². The van der Waals surface area contributed by atoms with E-state index in [2.05, 4.69) is 0 Å². The van der Waals surface area contributed by atoms with E-state index in [4.69, 9.17) is 0 Å². The number of nitrogens with zero attached hydrogens (tertiary/aromatic N) is 2. The molecule has 0 fully saturated rings. The molecule has 18 heavy (non-hydrogen) atoms. The second-order valence-corrected chi connectivity index (χ2v) is 3.39. The summed E-state index contributed by atoms with van der Waals surface area (Å²) in [7, 11) is 0. The molecule has 2 aromatic rings. The maximum absolute atomic E-state index is 13.6. The monoisotopic (exact) mass is 252 g/mol. The minimum absolute atomic E-state index is 0.300. The molecule has 1 N–H and O–H groups in total. The van der Waals surface area contributed by atoms with Crippen LogP contribution >= 0.6 is 0 Å². The van der Waals surface area contributed by atoms with Gasteiger partial charge >= 0.3 is 16.7 Å². The lowest BCUT2D eigenvalue weighted by atomic mass is 10.2. The molecule has 0 radical (unpaired) electrons. The van der Waals surface area contributed by atoms with Crippen molar-refractivity contribution in [2.75, 3.05) is 0 Å². The van der Waals surface area contributed by atoms with Crippen molar-refractivity contribution < 1.29 is 14.5 Å². The van der Waals surface area contributed by atoms with Crippen LogP contribution in [0.2, 0.25) is 0 Å². The number of nitro groups is 1. The van der Waals surface area contributed by atoms with Crippen LogP contribution in [0.4, 0.5) is 10.2 Å². The van der Waals surface area contributed by atoms with E-state index in [-0.39, 0.29) is 5.39 Å². The predicted molar refractivity (Wildman–Crippen MR) is 59.3 cm³/mol. The van der Waals surface area contributed by atoms with Crippen LogP contribution in [0.5, 0.6) is 5.75 Å². The molecule has 0 atom stereocenters. The molecule has 0 amide bonds. The fourth-order valence-electron chi connectivity index (χ4n) is 1.55. The third-order valence-corrected chi connectivity index (χ3v) is 2.37. The van der Waals surface area contributed by atoms with Gasteiger partial charge in [0.2, 0.25) is 5.75 Å². The minimum atomic E-state index is -1.72. The predicted octanol–water partition coefficient (Wildman–Crippen LogP) is 0.708. The number of benzene rings is 1. The Kier molecular flexibility index (Phi) is 2.55. The Morgan fingerprint density at radius 2 is 1.89 bits per heavy atom. The maximum Gasteiger partial charge on any atom is 0.364 e. The Hall–Kier alpha value is -2.77. The Morgan fingerprint density at radius 3 is 2.50 bits per heavy atom. The van der Waals surface area contributed by atoms with Crippen molar-refractivity contribution in [2.45, 2.75) is 0 Å². The van der Waals surface area contributed by atoms with Gasteiger partial charge in [-0.25, -0.2) is 0 Å². The topological polar surface area (TPSA) is 102 Å². The lowest BCUT2D eigenvalue weighted by Crippen LogP contribution is -2.29. The first-order valence-corrected chi connectivity index (χ1v) is 4.66. The van der Waals surface area contributed by atoms with Crippen molar-refractivity contribution in [3.63, 3.8) is 0 Å². The van der Waals surface area contributed by atoms with Gasteiger partial charge < -0.3 is 5.11 Å². The summed E-state index contributed by atoms with van der Waals surface area (Å²) in [6.45, 7) is 0. The summed E-state index contributed by atoms with van der Waals surface area (Å²) in [5.74, 6) is -1.03. The summed E-state index contributed by atoms with van der Waals surface area (Å²) in [6, 6.07) is 5.00. The molecule has 1 aromatic heterocycles. The Morgan fingerprint density at radius 1 is 1.28 bits per heavy atom. The van der Waals surface area contributed by atoms with Crippen LogP contribution in [0.3, 0.4) is 0 Å². The van der Waals surface area contributed by atoms with Gasteiger partial charge in [-0.15, -0.1) is 4.79 Å². The fourth-order valence-corrected chi connectivity index (χ4v) is 1.55. The van der Waals surface area contributed by atoms with E-state index < -0.39 is 37.7 Å². The van der Waals surface area contributed by atoms with Crippen LogP contribution in [-0.4, -0.2) is 14.8 Å². The van der Waals surface area contributed by atoms with E-state index >= 15 is 0 Å². The van der Waals surface area contributed by atoms with Crippen molar-refractivity contribution in [1.82, 2.24) is 4.79 Å². The molecule has 2 rings (SSSR count). The van der Waals surface area contributed by atoms with Crippen LogP contribution in [0.15, 0.2) is 33.9 Å². The van der Waals surface area contributed by atoms with Crippen molar-refractivity contribution in [2.24, 2.45) is 0 Å². The molecule has 0 saturated carbocycles. The molecule has 0 spiro atoms. The quantitative estimate of drug-likeness (QED) is 0.457. The first-order valence-electron chi connectivity index (χ1n) is 4.66. The molecule has 0 aliphatic carbocycles. The summed E-state index contributed by atoms with van der Waals surface area (Å²) < 4.78 is 13.6. The normalized spacial score (nSPS) is 10.5. The van der Waals surface area contributed by atoms with Gasteiger partial charge in [0, 0.05) is 0 Å². The Balaban J connectivity index is 3.27. The third kappa shape index (κ3) is 1.51. The summed E-state index contributed by atoms with van der Waals surface area (Å²) in [5, 5.41) is 20.0. The Bertz CT molecular complexity index is 783. The number of para-hydroxylation sites is 1. The van der Waals surface area contributed by atoms with Crippen LogP contribution in [0.25, 0.3) is 10.9 Å². The first-order chi connectivity index (χ1) is 8.45. The summed E-state index contributed by atoms with van der Waals surface area (Å²) in [4.78, 5) is 31.6. The number of aromatic nitrogens is 1. The average Bonchev–Trinajstić information content (AvgIpc) is 2.41. The SMILES string of the molecule is O=c1c([N+](=O)[O-])c(O)c2ccccc2n(F)c1=O. The molecule has 7 nitrogen and oxygen atoms in total. The zero-order chi connectivity index (χ0) is 13.4. The minimum Gasteiger partial charge on any atom is -0.502 e. The Labute approximate surface area is 97.4 Å². The van der Waals surface area contributed by atoms with Gasteiger partial charge in [0.1, 0.15) is 0 Å². The highest BCUT2D eigenvalue weighted by atomic mass is 19.2. The van der Waals surface area contributed by atoms with Gasteiger partial charge in [-0.3, -0.25) is 19.7 Å². The van der Waals surface area contributed by atoms with Crippen LogP contribution in [0.1, 0.15) is 0 Å². The summed E-state index contributed by atoms with van der Waals surface area (Å²) in [6.07, 6.45) is 0. The van der Waals surface area contributed by atoms with Crippen LogP contribution < -0.4 is 11.0 Å². The van der Waals surface area contributed by atoms with E-state index in [1.807, 2.05) is 0 Å². The number of hydrogen-bond donors (Lipinski definition) is 1. The number of fused-ring (bicyclic) bond motifs is 1. The van der Waals surface area contributed by atoms with Crippen LogP contribution in [0, 0.1) is 10.1 Å². The van der Waals surface area contributed by atoms with Gasteiger partial charge in [0.05, 0.1) is 15.8 Å². The zero-order valence-electron chi connectivity index (χ0n) is 8.66. The highest BCUT2D eigenvalue weighted by molar-refractivity contribution is 5.87. The number of rotatable bonds is 1. The third-order valence-electron chi connectivity index (χ3n) is 2.37. The summed E-state index contributed by atoms with van der Waals surface area (Å²) >= 11 is 0. The van der Waals surface area contributed by atoms with Gasteiger partial charge in [-0.1, -0.05) is 16.6 Å². The van der Waals surface area contributed by atoms with Crippen molar-refractivity contribution in [3.05, 3.63) is 55.0 Å². The van der Waals surface area contributed by atoms with Crippen LogP contribution in [-0.2, 0) is 0 Å². The van der Waals surface area contributed by atoms with E-state index in [9.17, 15) is 29.3 Å². The molecule has 1 aromatic carbocycles. The molecule has 1 heterocycles. The number of aromatic hydroxyl groups is 1. The number of hydrogen-bond acceptors (Lipinski definition) is 5. The molecule has 0 bridgehead atoms. The standard InChI is InChI=1S/C10H5FN2O5/c11-12-6-4-2-1-3-5(6)8(14)7(13(17)18)9(15)10(12)16/h1-4,14H. The lowest BCUT2D eigenvalue weighted by Gasteiger charge is -1.95. The van der Waals surface area contributed by atoms with Gasteiger partial charge in [-0.05, 0) is 12.1 Å². The highest BCUT2D eigenvalue weighted by Crippen LogP contribution is 2.28. The summed E-state index contributed by atoms with van der Waals surface area (Å²) in [5.41, 5.74) is -5.20. The van der Waals surface area contributed by atoms with E-state index in [1.54, 1.807) is 0 Å². The molecular weight excluding hydrogens is 247 g/mol. The number of halogens is 1. The van der Waals surface area contributed by atoms with E-state index in [1.165, 1.54) is 12.1 Å². The van der Waals surface area contributed by atoms with Crippen molar-refractivity contribution >= 4 is 16.6 Å². The molecule has 0 unspecified atom stereocenters. The molecule has 0 aliphatic rings. The zero-order valence-corrected chi connectivity index (χ0v) is 8.66. The molecule has 0 aliphatic heterocycles. The van der Waals surface area contributed by atoms with Gasteiger partial charge in [0.15, 0.2) is 0 Å². The largest absolute Gasteiger partial charge is 0.502 e. The fraction of sp³-hybridized carbons (Fsp3) is 0. The average molecular weight is 252 g/mol. The van der Waals surface area contributed by atoms with Gasteiger partial charge in [-0.2, -0.15) is 0 Å². The molecule has 92 valence electrons. The lowest BCUT2D eigenvalue weighted by molar-refractivity contribution is -0.386. The first kappa shape index (κ1) is 11.7. The van der Waals surface area contributed by atoms with Crippen molar-refractivity contribution in [3.8, 4) is 5.75 Å². The molecular formula is C10H5FN2O5. The molecule has 0 saturated heterocycles. The smallest absolute Gasteiger partial charge is 0.364 e.